The van der Waals surface area contributed by atoms with Gasteiger partial charge < -0.3 is 10.0 Å². The van der Waals surface area contributed by atoms with Gasteiger partial charge in [0.05, 0.1) is 23.6 Å². The third-order valence-corrected chi connectivity index (χ3v) is 3.85. The summed E-state index contributed by atoms with van der Waals surface area (Å²) in [5.74, 6) is -0.184. The molecule has 2 heterocycles. The summed E-state index contributed by atoms with van der Waals surface area (Å²) in [6.45, 7) is 5.72. The molecular weight excluding hydrogens is 276 g/mol. The molecule has 0 spiro atoms. The molecule has 0 bridgehead atoms. The Labute approximate surface area is 122 Å². The first kappa shape index (κ1) is 15.4. The number of amides is 1. The first-order valence-corrected chi connectivity index (χ1v) is 6.96. The number of aliphatic hydroxyl groups is 1. The van der Waals surface area contributed by atoms with Crippen molar-refractivity contribution in [3.05, 3.63) is 21.5 Å². The molecule has 0 radical (unpaired) electrons. The zero-order valence-electron chi connectivity index (χ0n) is 12.5. The number of nitrogens with zero attached hydrogens (tertiary/aromatic N) is 4. The third kappa shape index (κ3) is 2.90. The van der Waals surface area contributed by atoms with Gasteiger partial charge >= 0.3 is 5.69 Å². The van der Waals surface area contributed by atoms with Gasteiger partial charge in [-0.2, -0.15) is 5.10 Å². The predicted molar refractivity (Wildman–Crippen MR) is 74.8 cm³/mol. The maximum absolute atomic E-state index is 12.1. The average Bonchev–Trinajstić information content (AvgIpc) is 2.61. The summed E-state index contributed by atoms with van der Waals surface area (Å²) < 4.78 is 1.35. The van der Waals surface area contributed by atoms with E-state index < -0.39 is 10.5 Å². The lowest BCUT2D eigenvalue weighted by molar-refractivity contribution is -0.386. The van der Waals surface area contributed by atoms with E-state index in [2.05, 4.69) is 5.10 Å². The van der Waals surface area contributed by atoms with E-state index in [1.807, 2.05) is 6.92 Å². The summed E-state index contributed by atoms with van der Waals surface area (Å²) in [4.78, 5) is 24.1. The van der Waals surface area contributed by atoms with Crippen molar-refractivity contribution in [1.29, 1.82) is 0 Å². The molecule has 116 valence electrons. The first-order valence-electron chi connectivity index (χ1n) is 6.96. The SMILES string of the molecule is CCCC1(O)CN(C(=O)Cn2nc(C)c([N+](=O)[O-])c2C)C1. The number of likely N-dealkylation sites (tertiary alicyclic amines) is 1. The molecule has 0 aromatic carbocycles. The third-order valence-electron chi connectivity index (χ3n) is 3.85. The van der Waals surface area contributed by atoms with Crippen LogP contribution in [0.3, 0.4) is 0 Å². The van der Waals surface area contributed by atoms with Crippen molar-refractivity contribution in [1.82, 2.24) is 14.7 Å². The fraction of sp³-hybridized carbons (Fsp3) is 0.692. The van der Waals surface area contributed by atoms with Gasteiger partial charge in [0.15, 0.2) is 0 Å². The van der Waals surface area contributed by atoms with E-state index in [1.165, 1.54) is 4.68 Å². The van der Waals surface area contributed by atoms with Gasteiger partial charge in [-0.3, -0.25) is 19.6 Å². The van der Waals surface area contributed by atoms with Gasteiger partial charge in [-0.05, 0) is 20.3 Å². The van der Waals surface area contributed by atoms with Crippen molar-refractivity contribution in [2.24, 2.45) is 0 Å². The van der Waals surface area contributed by atoms with Gasteiger partial charge in [0.25, 0.3) is 0 Å². The van der Waals surface area contributed by atoms with Crippen LogP contribution in [0, 0.1) is 24.0 Å². The van der Waals surface area contributed by atoms with Crippen LogP contribution in [0.25, 0.3) is 0 Å². The largest absolute Gasteiger partial charge is 0.386 e. The van der Waals surface area contributed by atoms with Crippen molar-refractivity contribution in [2.45, 2.75) is 45.8 Å². The van der Waals surface area contributed by atoms with E-state index in [1.54, 1.807) is 18.7 Å². The van der Waals surface area contributed by atoms with Crippen LogP contribution < -0.4 is 0 Å². The Bertz CT molecular complexity index is 575. The molecule has 0 unspecified atom stereocenters. The maximum Gasteiger partial charge on any atom is 0.312 e. The molecule has 1 amide bonds. The highest BCUT2D eigenvalue weighted by Crippen LogP contribution is 2.27. The smallest absolute Gasteiger partial charge is 0.312 e. The molecule has 1 saturated heterocycles. The Morgan fingerprint density at radius 2 is 2.10 bits per heavy atom. The number of carbonyl (C=O) groups excluding carboxylic acids is 1. The second-order valence-corrected chi connectivity index (χ2v) is 5.66. The topological polar surface area (TPSA) is 102 Å². The van der Waals surface area contributed by atoms with Gasteiger partial charge in [0.2, 0.25) is 5.91 Å². The van der Waals surface area contributed by atoms with Gasteiger partial charge in [0.1, 0.15) is 17.9 Å². The number of rotatable bonds is 5. The Hall–Kier alpha value is -1.96. The highest BCUT2D eigenvalue weighted by molar-refractivity contribution is 5.77. The van der Waals surface area contributed by atoms with E-state index in [9.17, 15) is 20.0 Å². The van der Waals surface area contributed by atoms with Crippen molar-refractivity contribution in [3.63, 3.8) is 0 Å². The number of aryl methyl sites for hydroxylation is 1. The molecule has 1 fully saturated rings. The lowest BCUT2D eigenvalue weighted by atomic mass is 9.89. The molecule has 8 heteroatoms. The fourth-order valence-corrected chi connectivity index (χ4v) is 2.80. The molecular formula is C13H20N4O4. The quantitative estimate of drug-likeness (QED) is 0.639. The Kier molecular flexibility index (Phi) is 3.99. The van der Waals surface area contributed by atoms with Crippen molar-refractivity contribution in [3.8, 4) is 0 Å². The lowest BCUT2D eigenvalue weighted by Gasteiger charge is -2.46. The molecule has 0 atom stereocenters. The molecule has 1 aromatic rings. The standard InChI is InChI=1S/C13H20N4O4/c1-4-5-13(19)7-15(8-13)11(18)6-16-10(3)12(17(20)21)9(2)14-16/h19H,4-8H2,1-3H3. The van der Waals surface area contributed by atoms with Crippen LogP contribution in [-0.2, 0) is 11.3 Å². The minimum absolute atomic E-state index is 0.0390. The van der Waals surface area contributed by atoms with Crippen molar-refractivity contribution in [2.75, 3.05) is 13.1 Å². The van der Waals surface area contributed by atoms with E-state index >= 15 is 0 Å². The van der Waals surface area contributed by atoms with Gasteiger partial charge in [0, 0.05) is 0 Å². The number of hydrogen-bond donors (Lipinski definition) is 1. The number of carbonyl (C=O) groups is 1. The summed E-state index contributed by atoms with van der Waals surface area (Å²) in [6.07, 6.45) is 1.53. The van der Waals surface area contributed by atoms with Gasteiger partial charge in [-0.25, -0.2) is 0 Å². The van der Waals surface area contributed by atoms with Crippen LogP contribution in [0.2, 0.25) is 0 Å². The monoisotopic (exact) mass is 296 g/mol. The Morgan fingerprint density at radius 1 is 1.48 bits per heavy atom. The Morgan fingerprint density at radius 3 is 2.57 bits per heavy atom. The lowest BCUT2D eigenvalue weighted by Crippen LogP contribution is -2.63. The van der Waals surface area contributed by atoms with E-state index in [-0.39, 0.29) is 18.1 Å². The van der Waals surface area contributed by atoms with Gasteiger partial charge in [-0.1, -0.05) is 13.3 Å². The Balaban J connectivity index is 2.02. The van der Waals surface area contributed by atoms with Crippen molar-refractivity contribution >= 4 is 11.6 Å². The minimum Gasteiger partial charge on any atom is -0.386 e. The molecule has 0 saturated carbocycles. The molecule has 21 heavy (non-hydrogen) atoms. The molecule has 2 rings (SSSR count). The summed E-state index contributed by atoms with van der Waals surface area (Å²) in [7, 11) is 0. The second-order valence-electron chi connectivity index (χ2n) is 5.66. The zero-order chi connectivity index (χ0) is 15.8. The zero-order valence-corrected chi connectivity index (χ0v) is 12.5. The first-order chi connectivity index (χ1) is 9.77. The van der Waals surface area contributed by atoms with Gasteiger partial charge in [-0.15, -0.1) is 0 Å². The second kappa shape index (κ2) is 5.44. The summed E-state index contributed by atoms with van der Waals surface area (Å²) in [5.41, 5.74) is -0.147. The average molecular weight is 296 g/mol. The minimum atomic E-state index is -0.772. The molecule has 8 nitrogen and oxygen atoms in total. The van der Waals surface area contributed by atoms with Crippen LogP contribution in [0.5, 0.6) is 0 Å². The summed E-state index contributed by atoms with van der Waals surface area (Å²) in [6, 6.07) is 0. The molecule has 1 aromatic heterocycles. The number of hydrogen-bond acceptors (Lipinski definition) is 5. The highest BCUT2D eigenvalue weighted by Gasteiger charge is 2.42. The van der Waals surface area contributed by atoms with Crippen LogP contribution in [0.1, 0.15) is 31.2 Å². The number of nitro groups is 1. The fourth-order valence-electron chi connectivity index (χ4n) is 2.80. The number of β-amino-alcohol motifs (C(OH)–C–C–N with tert-alkyl or cyclic N) is 1. The molecule has 0 aliphatic carbocycles. The number of aromatic nitrogens is 2. The summed E-state index contributed by atoms with van der Waals surface area (Å²) >= 11 is 0. The molecule has 1 aliphatic rings. The predicted octanol–water partition coefficient (Wildman–Crippen LogP) is 0.782. The maximum atomic E-state index is 12.1. The summed E-state index contributed by atoms with van der Waals surface area (Å²) in [5, 5.41) is 25.0. The van der Waals surface area contributed by atoms with Crippen LogP contribution in [0.4, 0.5) is 5.69 Å². The van der Waals surface area contributed by atoms with E-state index in [0.717, 1.165) is 6.42 Å². The van der Waals surface area contributed by atoms with Crippen LogP contribution in [0.15, 0.2) is 0 Å². The van der Waals surface area contributed by atoms with E-state index in [0.29, 0.717) is 30.9 Å². The molecule has 1 N–H and O–H groups in total. The highest BCUT2D eigenvalue weighted by atomic mass is 16.6. The normalized spacial score (nSPS) is 16.7. The molecule has 1 aliphatic heterocycles. The van der Waals surface area contributed by atoms with Crippen LogP contribution >= 0.6 is 0 Å². The van der Waals surface area contributed by atoms with Crippen molar-refractivity contribution < 1.29 is 14.8 Å². The van der Waals surface area contributed by atoms with Crippen LogP contribution in [-0.4, -0.2) is 49.3 Å². The van der Waals surface area contributed by atoms with E-state index in [4.69, 9.17) is 0 Å².